The Bertz CT molecular complexity index is 620. The van der Waals surface area contributed by atoms with E-state index in [1.165, 1.54) is 6.20 Å². The smallest absolute Gasteiger partial charge is 0.263 e. The molecule has 0 atom stereocenters. The van der Waals surface area contributed by atoms with Crippen molar-refractivity contribution in [3.63, 3.8) is 0 Å². The van der Waals surface area contributed by atoms with Crippen LogP contribution in [0.3, 0.4) is 0 Å². The summed E-state index contributed by atoms with van der Waals surface area (Å²) < 4.78 is 0.997. The molecule has 0 radical (unpaired) electrons. The lowest BCUT2D eigenvalue weighted by atomic mass is 10.2. The Morgan fingerprint density at radius 1 is 1.42 bits per heavy atom. The van der Waals surface area contributed by atoms with Crippen LogP contribution in [-0.4, -0.2) is 50.1 Å². The predicted molar refractivity (Wildman–Crippen MR) is 97.0 cm³/mol. The first-order chi connectivity index (χ1) is 11.7. The van der Waals surface area contributed by atoms with Crippen molar-refractivity contribution in [3.05, 3.63) is 46.1 Å². The molecule has 1 aromatic carbocycles. The SMILES string of the molecule is N#C/C(=C/NCc1cccc(Br)c1)C(=O)NCCN1CCNCC1. The molecule has 3 N–H and O–H groups in total. The lowest BCUT2D eigenvalue weighted by Crippen LogP contribution is -2.46. The number of piperazine rings is 1. The molecule has 1 amide bonds. The van der Waals surface area contributed by atoms with Gasteiger partial charge in [-0.15, -0.1) is 0 Å². The van der Waals surface area contributed by atoms with Gasteiger partial charge >= 0.3 is 0 Å². The zero-order valence-electron chi connectivity index (χ0n) is 13.5. The lowest BCUT2D eigenvalue weighted by Gasteiger charge is -2.27. The van der Waals surface area contributed by atoms with E-state index in [-0.39, 0.29) is 11.5 Å². The molecular formula is C17H22BrN5O. The van der Waals surface area contributed by atoms with E-state index in [1.807, 2.05) is 30.3 Å². The highest BCUT2D eigenvalue weighted by atomic mass is 79.9. The van der Waals surface area contributed by atoms with Gasteiger partial charge in [0, 0.05) is 56.5 Å². The zero-order valence-corrected chi connectivity index (χ0v) is 15.1. The molecule has 1 aromatic rings. The molecule has 7 heteroatoms. The number of rotatable bonds is 7. The summed E-state index contributed by atoms with van der Waals surface area (Å²) in [6, 6.07) is 9.80. The second kappa shape index (κ2) is 10.1. The third kappa shape index (κ3) is 6.32. The first-order valence-electron chi connectivity index (χ1n) is 7.98. The standard InChI is InChI=1S/C17H22BrN5O/c18-16-3-1-2-14(10-16)12-21-13-15(11-19)17(24)22-6-9-23-7-4-20-5-8-23/h1-3,10,13,20-21H,4-9,12H2,(H,22,24)/b15-13-. The minimum atomic E-state index is -0.339. The van der Waals surface area contributed by atoms with Gasteiger partial charge in [0.2, 0.25) is 0 Å². The Hall–Kier alpha value is -1.88. The highest BCUT2D eigenvalue weighted by molar-refractivity contribution is 9.10. The van der Waals surface area contributed by atoms with Crippen LogP contribution < -0.4 is 16.0 Å². The summed E-state index contributed by atoms with van der Waals surface area (Å²) in [6.07, 6.45) is 1.47. The molecule has 1 fully saturated rings. The van der Waals surface area contributed by atoms with Crippen molar-refractivity contribution in [3.8, 4) is 6.07 Å². The van der Waals surface area contributed by atoms with E-state index < -0.39 is 0 Å². The summed E-state index contributed by atoms with van der Waals surface area (Å²) in [5.41, 5.74) is 1.15. The molecule has 2 rings (SSSR count). The van der Waals surface area contributed by atoms with E-state index in [1.54, 1.807) is 0 Å². The summed E-state index contributed by atoms with van der Waals surface area (Å²) >= 11 is 3.41. The van der Waals surface area contributed by atoms with Crippen LogP contribution in [0.5, 0.6) is 0 Å². The first kappa shape index (κ1) is 18.5. The first-order valence-corrected chi connectivity index (χ1v) is 8.77. The number of benzene rings is 1. The summed E-state index contributed by atoms with van der Waals surface area (Å²) in [5.74, 6) is -0.339. The average molecular weight is 392 g/mol. The number of nitriles is 1. The van der Waals surface area contributed by atoms with Crippen molar-refractivity contribution in [2.75, 3.05) is 39.3 Å². The Kier molecular flexibility index (Phi) is 7.75. The maximum absolute atomic E-state index is 12.0. The Morgan fingerprint density at radius 3 is 2.92 bits per heavy atom. The molecule has 0 aliphatic carbocycles. The van der Waals surface area contributed by atoms with E-state index in [9.17, 15) is 4.79 Å². The van der Waals surface area contributed by atoms with Gasteiger partial charge in [-0.1, -0.05) is 28.1 Å². The number of carbonyl (C=O) groups excluding carboxylic acids is 1. The van der Waals surface area contributed by atoms with Gasteiger partial charge in [0.15, 0.2) is 0 Å². The van der Waals surface area contributed by atoms with Crippen molar-refractivity contribution in [1.29, 1.82) is 5.26 Å². The molecule has 0 bridgehead atoms. The molecule has 6 nitrogen and oxygen atoms in total. The minimum absolute atomic E-state index is 0.0882. The van der Waals surface area contributed by atoms with Gasteiger partial charge in [0.05, 0.1) is 0 Å². The predicted octanol–water partition coefficient (Wildman–Crippen LogP) is 0.968. The highest BCUT2D eigenvalue weighted by Gasteiger charge is 2.11. The van der Waals surface area contributed by atoms with Crippen molar-refractivity contribution in [1.82, 2.24) is 20.9 Å². The van der Waals surface area contributed by atoms with Crippen LogP contribution in [0.2, 0.25) is 0 Å². The van der Waals surface area contributed by atoms with Crippen LogP contribution in [0.15, 0.2) is 40.5 Å². The second-order valence-corrected chi connectivity index (χ2v) is 6.44. The number of nitrogens with zero attached hydrogens (tertiary/aromatic N) is 2. The maximum atomic E-state index is 12.0. The van der Waals surface area contributed by atoms with Crippen LogP contribution in [0.25, 0.3) is 0 Å². The van der Waals surface area contributed by atoms with Crippen molar-refractivity contribution < 1.29 is 4.79 Å². The van der Waals surface area contributed by atoms with Crippen molar-refractivity contribution >= 4 is 21.8 Å². The van der Waals surface area contributed by atoms with E-state index in [0.717, 1.165) is 42.8 Å². The molecular weight excluding hydrogens is 370 g/mol. The van der Waals surface area contributed by atoms with Gasteiger partial charge in [0.25, 0.3) is 5.91 Å². The zero-order chi connectivity index (χ0) is 17.2. The van der Waals surface area contributed by atoms with Gasteiger partial charge in [-0.05, 0) is 17.7 Å². The molecule has 0 unspecified atom stereocenters. The molecule has 1 heterocycles. The van der Waals surface area contributed by atoms with Gasteiger partial charge in [-0.3, -0.25) is 9.69 Å². The monoisotopic (exact) mass is 391 g/mol. The summed E-state index contributed by atoms with van der Waals surface area (Å²) in [7, 11) is 0. The maximum Gasteiger partial charge on any atom is 0.263 e. The third-order valence-corrected chi connectivity index (χ3v) is 4.22. The molecule has 24 heavy (non-hydrogen) atoms. The largest absolute Gasteiger partial charge is 0.386 e. The van der Waals surface area contributed by atoms with Crippen LogP contribution in [0.4, 0.5) is 0 Å². The Balaban J connectivity index is 1.74. The highest BCUT2D eigenvalue weighted by Crippen LogP contribution is 2.11. The number of halogens is 1. The number of carbonyl (C=O) groups is 1. The van der Waals surface area contributed by atoms with E-state index >= 15 is 0 Å². The van der Waals surface area contributed by atoms with Crippen molar-refractivity contribution in [2.45, 2.75) is 6.54 Å². The molecule has 1 aliphatic rings. The van der Waals surface area contributed by atoms with Crippen molar-refractivity contribution in [2.24, 2.45) is 0 Å². The van der Waals surface area contributed by atoms with Crippen LogP contribution in [-0.2, 0) is 11.3 Å². The molecule has 0 aromatic heterocycles. The minimum Gasteiger partial charge on any atom is -0.386 e. The fourth-order valence-corrected chi connectivity index (χ4v) is 2.87. The molecule has 128 valence electrons. The summed E-state index contributed by atoms with van der Waals surface area (Å²) in [4.78, 5) is 14.3. The number of amides is 1. The Morgan fingerprint density at radius 2 is 2.21 bits per heavy atom. The van der Waals surface area contributed by atoms with E-state index in [0.29, 0.717) is 13.1 Å². The van der Waals surface area contributed by atoms with Gasteiger partial charge < -0.3 is 16.0 Å². The fourth-order valence-electron chi connectivity index (χ4n) is 2.42. The summed E-state index contributed by atoms with van der Waals surface area (Å²) in [6.45, 7) is 5.85. The van der Waals surface area contributed by atoms with Gasteiger partial charge in [-0.2, -0.15) is 5.26 Å². The topological polar surface area (TPSA) is 80.2 Å². The lowest BCUT2D eigenvalue weighted by molar-refractivity contribution is -0.117. The second-order valence-electron chi connectivity index (χ2n) is 5.53. The Labute approximate surface area is 151 Å². The number of hydrogen-bond acceptors (Lipinski definition) is 5. The fraction of sp³-hybridized carbons (Fsp3) is 0.412. The van der Waals surface area contributed by atoms with Crippen LogP contribution in [0, 0.1) is 11.3 Å². The number of hydrogen-bond donors (Lipinski definition) is 3. The van der Waals surface area contributed by atoms with Gasteiger partial charge in [0.1, 0.15) is 11.6 Å². The van der Waals surface area contributed by atoms with Crippen LogP contribution in [0.1, 0.15) is 5.56 Å². The normalized spacial score (nSPS) is 15.6. The summed E-state index contributed by atoms with van der Waals surface area (Å²) in [5, 5.41) is 18.2. The van der Waals surface area contributed by atoms with E-state index in [4.69, 9.17) is 5.26 Å². The molecule has 1 aliphatic heterocycles. The number of nitrogens with one attached hydrogen (secondary N) is 3. The molecule has 1 saturated heterocycles. The van der Waals surface area contributed by atoms with E-state index in [2.05, 4.69) is 36.8 Å². The molecule has 0 spiro atoms. The molecule has 0 saturated carbocycles. The third-order valence-electron chi connectivity index (χ3n) is 3.73. The van der Waals surface area contributed by atoms with Gasteiger partial charge in [-0.25, -0.2) is 0 Å². The van der Waals surface area contributed by atoms with Crippen LogP contribution >= 0.6 is 15.9 Å². The average Bonchev–Trinajstić information content (AvgIpc) is 2.59. The quantitative estimate of drug-likeness (QED) is 0.476.